The molecular weight excluding hydrogens is 278 g/mol. The minimum atomic E-state index is -0.182. The highest BCUT2D eigenvalue weighted by Crippen LogP contribution is 2.41. The molecule has 5 nitrogen and oxygen atoms in total. The van der Waals surface area contributed by atoms with E-state index in [-0.39, 0.29) is 12.0 Å². The first-order valence-electron chi connectivity index (χ1n) is 7.52. The molecule has 0 saturated heterocycles. The molecule has 1 aliphatic carbocycles. The number of benzene rings is 1. The molecule has 1 amide bonds. The van der Waals surface area contributed by atoms with Crippen molar-refractivity contribution in [2.24, 2.45) is 0 Å². The quantitative estimate of drug-likeness (QED) is 0.918. The Hall–Kier alpha value is -2.43. The topological polar surface area (TPSA) is 64.1 Å². The molecule has 0 bridgehead atoms. The lowest BCUT2D eigenvalue weighted by Crippen LogP contribution is -2.15. The van der Waals surface area contributed by atoms with Crippen LogP contribution in [-0.4, -0.2) is 22.0 Å². The summed E-state index contributed by atoms with van der Waals surface area (Å²) in [5, 5.41) is 2.86. The molecule has 1 heterocycles. The average Bonchev–Trinajstić information content (AvgIpc) is 3.32. The number of nitrogens with zero attached hydrogens (tertiary/aromatic N) is 2. The van der Waals surface area contributed by atoms with Gasteiger partial charge in [0.05, 0.1) is 11.8 Å². The molecule has 0 aliphatic heterocycles. The van der Waals surface area contributed by atoms with Crippen molar-refractivity contribution in [1.29, 1.82) is 0 Å². The number of hydrogen-bond acceptors (Lipinski definition) is 4. The number of anilines is 1. The normalized spacial score (nSPS) is 14.0. The first-order chi connectivity index (χ1) is 10.6. The summed E-state index contributed by atoms with van der Waals surface area (Å²) in [5.41, 5.74) is 1.46. The zero-order chi connectivity index (χ0) is 15.5. The predicted molar refractivity (Wildman–Crippen MR) is 84.2 cm³/mol. The molecule has 3 rings (SSSR count). The van der Waals surface area contributed by atoms with Crippen molar-refractivity contribution in [3.63, 3.8) is 0 Å². The number of hydrogen-bond donors (Lipinski definition) is 1. The smallest absolute Gasteiger partial charge is 0.256 e. The minimum absolute atomic E-state index is 0.111. The summed E-state index contributed by atoms with van der Waals surface area (Å²) in [5.74, 6) is 1.58. The summed E-state index contributed by atoms with van der Waals surface area (Å²) in [6, 6.07) is 7.10. The molecule has 0 unspecified atom stereocenters. The Morgan fingerprint density at radius 3 is 2.50 bits per heavy atom. The fraction of sp³-hybridized carbons (Fsp3) is 0.353. The fourth-order valence-corrected chi connectivity index (χ4v) is 2.24. The molecule has 0 radical (unpaired) electrons. The summed E-state index contributed by atoms with van der Waals surface area (Å²) < 4.78 is 5.57. The van der Waals surface area contributed by atoms with E-state index in [0.29, 0.717) is 17.3 Å². The van der Waals surface area contributed by atoms with E-state index in [1.165, 1.54) is 0 Å². The average molecular weight is 297 g/mol. The van der Waals surface area contributed by atoms with Crippen LogP contribution < -0.4 is 10.1 Å². The second kappa shape index (κ2) is 6.13. The van der Waals surface area contributed by atoms with Crippen LogP contribution >= 0.6 is 0 Å². The summed E-state index contributed by atoms with van der Waals surface area (Å²) in [6.07, 6.45) is 5.61. The van der Waals surface area contributed by atoms with Gasteiger partial charge in [0.15, 0.2) is 5.82 Å². The molecule has 1 aromatic carbocycles. The third-order valence-corrected chi connectivity index (χ3v) is 3.41. The number of carbonyl (C=O) groups is 1. The van der Waals surface area contributed by atoms with Gasteiger partial charge in [0.25, 0.3) is 5.91 Å². The number of amides is 1. The molecule has 114 valence electrons. The zero-order valence-electron chi connectivity index (χ0n) is 12.7. The summed E-state index contributed by atoms with van der Waals surface area (Å²) in [7, 11) is 0. The Bertz CT molecular complexity index is 664. The molecule has 1 aromatic heterocycles. The third kappa shape index (κ3) is 3.42. The van der Waals surface area contributed by atoms with Gasteiger partial charge in [0, 0.05) is 23.9 Å². The zero-order valence-corrected chi connectivity index (χ0v) is 12.7. The van der Waals surface area contributed by atoms with Crippen molar-refractivity contribution in [1.82, 2.24) is 9.97 Å². The Morgan fingerprint density at radius 2 is 1.86 bits per heavy atom. The maximum atomic E-state index is 12.3. The Balaban J connectivity index is 1.72. The maximum absolute atomic E-state index is 12.3. The van der Waals surface area contributed by atoms with Crippen LogP contribution in [0.2, 0.25) is 0 Å². The van der Waals surface area contributed by atoms with Gasteiger partial charge in [-0.15, -0.1) is 0 Å². The van der Waals surface area contributed by atoms with E-state index < -0.39 is 0 Å². The number of carbonyl (C=O) groups excluding carboxylic acids is 1. The van der Waals surface area contributed by atoms with Crippen LogP contribution in [0.4, 0.5) is 5.82 Å². The van der Waals surface area contributed by atoms with E-state index in [9.17, 15) is 4.79 Å². The Kier molecular flexibility index (Phi) is 4.04. The van der Waals surface area contributed by atoms with Crippen LogP contribution in [0, 0.1) is 0 Å². The summed E-state index contributed by atoms with van der Waals surface area (Å²) in [6.45, 7) is 3.93. The Labute approximate surface area is 129 Å². The van der Waals surface area contributed by atoms with Crippen molar-refractivity contribution < 1.29 is 9.53 Å². The molecule has 0 atom stereocenters. The van der Waals surface area contributed by atoms with E-state index in [0.717, 1.165) is 24.3 Å². The van der Waals surface area contributed by atoms with E-state index in [1.54, 1.807) is 36.7 Å². The van der Waals surface area contributed by atoms with Gasteiger partial charge in [0.2, 0.25) is 0 Å². The monoisotopic (exact) mass is 297 g/mol. The van der Waals surface area contributed by atoms with Crippen LogP contribution in [-0.2, 0) is 0 Å². The van der Waals surface area contributed by atoms with E-state index >= 15 is 0 Å². The molecule has 1 fully saturated rings. The standard InChI is InChI=1S/C17H19N3O2/c1-11(2)22-14-7-5-13(6-8-14)17(21)20-16-15(12-3-4-12)18-9-10-19-16/h5-12H,3-4H2,1-2H3,(H,19,20,21). The number of aromatic nitrogens is 2. The van der Waals surface area contributed by atoms with Gasteiger partial charge in [0.1, 0.15) is 5.75 Å². The number of ether oxygens (including phenoxy) is 1. The largest absolute Gasteiger partial charge is 0.491 e. The Morgan fingerprint density at radius 1 is 1.18 bits per heavy atom. The van der Waals surface area contributed by atoms with Gasteiger partial charge in [-0.3, -0.25) is 9.78 Å². The summed E-state index contributed by atoms with van der Waals surface area (Å²) >= 11 is 0. The minimum Gasteiger partial charge on any atom is -0.491 e. The second-order valence-electron chi connectivity index (χ2n) is 5.71. The van der Waals surface area contributed by atoms with Crippen LogP contribution in [0.3, 0.4) is 0 Å². The van der Waals surface area contributed by atoms with Crippen LogP contribution in [0.1, 0.15) is 48.7 Å². The third-order valence-electron chi connectivity index (χ3n) is 3.41. The van der Waals surface area contributed by atoms with Gasteiger partial charge < -0.3 is 10.1 Å². The molecule has 1 saturated carbocycles. The van der Waals surface area contributed by atoms with E-state index in [4.69, 9.17) is 4.74 Å². The molecular formula is C17H19N3O2. The lowest BCUT2D eigenvalue weighted by molar-refractivity contribution is 0.102. The van der Waals surface area contributed by atoms with Gasteiger partial charge in [-0.25, -0.2) is 4.98 Å². The molecule has 1 aliphatic rings. The number of rotatable bonds is 5. The van der Waals surface area contributed by atoms with Crippen LogP contribution in [0.5, 0.6) is 5.75 Å². The molecule has 1 N–H and O–H groups in total. The van der Waals surface area contributed by atoms with Crippen molar-refractivity contribution in [3.05, 3.63) is 47.9 Å². The van der Waals surface area contributed by atoms with Crippen LogP contribution in [0.25, 0.3) is 0 Å². The molecule has 2 aromatic rings. The van der Waals surface area contributed by atoms with Gasteiger partial charge in [-0.05, 0) is 51.0 Å². The first kappa shape index (κ1) is 14.5. The maximum Gasteiger partial charge on any atom is 0.256 e. The van der Waals surface area contributed by atoms with Crippen molar-refractivity contribution in [2.75, 3.05) is 5.32 Å². The SMILES string of the molecule is CC(C)Oc1ccc(C(=O)Nc2nccnc2C2CC2)cc1. The van der Waals surface area contributed by atoms with Crippen molar-refractivity contribution in [2.45, 2.75) is 38.7 Å². The number of nitrogens with one attached hydrogen (secondary N) is 1. The van der Waals surface area contributed by atoms with Crippen molar-refractivity contribution >= 4 is 11.7 Å². The lowest BCUT2D eigenvalue weighted by Gasteiger charge is -2.11. The van der Waals surface area contributed by atoms with Gasteiger partial charge in [-0.1, -0.05) is 0 Å². The highest BCUT2D eigenvalue weighted by Gasteiger charge is 2.28. The fourth-order valence-electron chi connectivity index (χ4n) is 2.24. The predicted octanol–water partition coefficient (Wildman–Crippen LogP) is 3.39. The molecule has 5 heteroatoms. The van der Waals surface area contributed by atoms with Gasteiger partial charge in [-0.2, -0.15) is 0 Å². The highest BCUT2D eigenvalue weighted by molar-refractivity contribution is 6.04. The van der Waals surface area contributed by atoms with Gasteiger partial charge >= 0.3 is 0 Å². The lowest BCUT2D eigenvalue weighted by atomic mass is 10.2. The summed E-state index contributed by atoms with van der Waals surface area (Å²) in [4.78, 5) is 20.9. The van der Waals surface area contributed by atoms with Crippen molar-refractivity contribution in [3.8, 4) is 5.75 Å². The van der Waals surface area contributed by atoms with E-state index in [2.05, 4.69) is 15.3 Å². The first-order valence-corrected chi connectivity index (χ1v) is 7.52. The molecule has 22 heavy (non-hydrogen) atoms. The van der Waals surface area contributed by atoms with Crippen LogP contribution in [0.15, 0.2) is 36.7 Å². The molecule has 0 spiro atoms. The highest BCUT2D eigenvalue weighted by atomic mass is 16.5. The second-order valence-corrected chi connectivity index (χ2v) is 5.71. The van der Waals surface area contributed by atoms with E-state index in [1.807, 2.05) is 13.8 Å².